The Morgan fingerprint density at radius 1 is 1.50 bits per heavy atom. The fourth-order valence-corrected chi connectivity index (χ4v) is 2.70. The summed E-state index contributed by atoms with van der Waals surface area (Å²) >= 11 is 5.93. The number of rotatable bonds is 2. The first-order chi connectivity index (χ1) is 9.29. The summed E-state index contributed by atoms with van der Waals surface area (Å²) in [7, 11) is 0. The van der Waals surface area contributed by atoms with E-state index in [1.807, 2.05) is 4.90 Å². The van der Waals surface area contributed by atoms with E-state index in [0.29, 0.717) is 18.9 Å². The van der Waals surface area contributed by atoms with Crippen molar-refractivity contribution in [3.63, 3.8) is 0 Å². The van der Waals surface area contributed by atoms with Gasteiger partial charge in [0.1, 0.15) is 5.82 Å². The molecule has 0 aliphatic carbocycles. The van der Waals surface area contributed by atoms with Gasteiger partial charge in [0.2, 0.25) is 0 Å². The summed E-state index contributed by atoms with van der Waals surface area (Å²) < 4.78 is 37.7. The minimum absolute atomic E-state index is 0.00827. The van der Waals surface area contributed by atoms with E-state index in [-0.39, 0.29) is 10.9 Å². The molecular formula is C13H16ClF3N2O. The first kappa shape index (κ1) is 15.4. The van der Waals surface area contributed by atoms with Crippen LogP contribution in [-0.2, 0) is 6.18 Å². The molecule has 1 aliphatic rings. The Balaban J connectivity index is 2.21. The molecule has 2 heterocycles. The average Bonchev–Trinajstić information content (AvgIpc) is 2.37. The van der Waals surface area contributed by atoms with Gasteiger partial charge in [-0.2, -0.15) is 13.2 Å². The molecule has 2 atom stereocenters. The summed E-state index contributed by atoms with van der Waals surface area (Å²) in [6.07, 6.45) is -2.35. The second-order valence-corrected chi connectivity index (χ2v) is 5.52. The van der Waals surface area contributed by atoms with Crippen molar-refractivity contribution >= 4 is 17.4 Å². The van der Waals surface area contributed by atoms with E-state index in [4.69, 9.17) is 11.6 Å². The molecule has 0 radical (unpaired) electrons. The number of aliphatic hydroxyl groups excluding tert-OH is 1. The third-order valence-electron chi connectivity index (χ3n) is 3.59. The van der Waals surface area contributed by atoms with Crippen LogP contribution < -0.4 is 4.90 Å². The highest BCUT2D eigenvalue weighted by molar-refractivity contribution is 6.33. The molecule has 7 heteroatoms. The van der Waals surface area contributed by atoms with Gasteiger partial charge in [0.15, 0.2) is 0 Å². The molecule has 1 saturated heterocycles. The van der Waals surface area contributed by atoms with Crippen molar-refractivity contribution in [2.24, 2.45) is 5.92 Å². The zero-order valence-corrected chi connectivity index (χ0v) is 11.7. The highest BCUT2D eigenvalue weighted by atomic mass is 35.5. The predicted octanol–water partition coefficient (Wildman–Crippen LogP) is 3.35. The predicted molar refractivity (Wildman–Crippen MR) is 70.9 cm³/mol. The topological polar surface area (TPSA) is 36.4 Å². The van der Waals surface area contributed by atoms with Gasteiger partial charge in [-0.1, -0.05) is 11.6 Å². The van der Waals surface area contributed by atoms with E-state index < -0.39 is 17.8 Å². The second kappa shape index (κ2) is 5.77. The standard InChI is InChI=1S/C13H16ClF3N2O/c1-8(20)9-3-2-4-19(7-9)12-11(14)5-10(6-18-12)13(15,16)17/h5-6,8-9,20H,2-4,7H2,1H3. The third kappa shape index (κ3) is 3.35. The lowest BCUT2D eigenvalue weighted by molar-refractivity contribution is -0.137. The largest absolute Gasteiger partial charge is 0.417 e. The van der Waals surface area contributed by atoms with Crippen molar-refractivity contribution in [3.8, 4) is 0 Å². The molecule has 0 saturated carbocycles. The second-order valence-electron chi connectivity index (χ2n) is 5.12. The molecule has 1 aromatic heterocycles. The van der Waals surface area contributed by atoms with Gasteiger partial charge >= 0.3 is 6.18 Å². The Hall–Kier alpha value is -1.01. The Morgan fingerprint density at radius 3 is 2.75 bits per heavy atom. The number of aromatic nitrogens is 1. The number of nitrogens with zero attached hydrogens (tertiary/aromatic N) is 2. The maximum Gasteiger partial charge on any atom is 0.417 e. The van der Waals surface area contributed by atoms with Crippen LogP contribution in [0.25, 0.3) is 0 Å². The molecule has 1 aliphatic heterocycles. The number of anilines is 1. The van der Waals surface area contributed by atoms with Crippen LogP contribution in [0.15, 0.2) is 12.3 Å². The summed E-state index contributed by atoms with van der Waals surface area (Å²) in [5, 5.41) is 9.62. The van der Waals surface area contributed by atoms with Crippen LogP contribution in [0.5, 0.6) is 0 Å². The van der Waals surface area contributed by atoms with Gasteiger partial charge in [-0.3, -0.25) is 0 Å². The Morgan fingerprint density at radius 2 is 2.20 bits per heavy atom. The Labute approximate surface area is 120 Å². The van der Waals surface area contributed by atoms with Crippen LogP contribution >= 0.6 is 11.6 Å². The molecule has 2 unspecified atom stereocenters. The molecule has 0 spiro atoms. The van der Waals surface area contributed by atoms with Crippen LogP contribution in [0.2, 0.25) is 5.02 Å². The molecular weight excluding hydrogens is 293 g/mol. The monoisotopic (exact) mass is 308 g/mol. The minimum Gasteiger partial charge on any atom is -0.393 e. The highest BCUT2D eigenvalue weighted by Crippen LogP contribution is 2.34. The SMILES string of the molecule is CC(O)C1CCCN(c2ncc(C(F)(F)F)cc2Cl)C1. The molecule has 0 amide bonds. The number of pyridine rings is 1. The van der Waals surface area contributed by atoms with E-state index in [1.54, 1.807) is 6.92 Å². The Kier molecular flexibility index (Phi) is 4.44. The van der Waals surface area contributed by atoms with Gasteiger partial charge in [-0.25, -0.2) is 4.98 Å². The number of alkyl halides is 3. The fraction of sp³-hybridized carbons (Fsp3) is 0.615. The van der Waals surface area contributed by atoms with Gasteiger partial charge in [-0.05, 0) is 25.8 Å². The minimum atomic E-state index is -4.45. The number of aliphatic hydroxyl groups is 1. The van der Waals surface area contributed by atoms with Gasteiger partial charge in [0, 0.05) is 25.2 Å². The lowest BCUT2D eigenvalue weighted by Crippen LogP contribution is -2.40. The van der Waals surface area contributed by atoms with Gasteiger partial charge in [0.05, 0.1) is 16.7 Å². The van der Waals surface area contributed by atoms with Crippen LogP contribution in [-0.4, -0.2) is 29.3 Å². The average molecular weight is 309 g/mol. The number of hydrogen-bond donors (Lipinski definition) is 1. The van der Waals surface area contributed by atoms with E-state index in [9.17, 15) is 18.3 Å². The van der Waals surface area contributed by atoms with E-state index in [2.05, 4.69) is 4.98 Å². The van der Waals surface area contributed by atoms with Crippen LogP contribution in [0.4, 0.5) is 19.0 Å². The van der Waals surface area contributed by atoms with Crippen LogP contribution in [0, 0.1) is 5.92 Å². The quantitative estimate of drug-likeness (QED) is 0.910. The van der Waals surface area contributed by atoms with Gasteiger partial charge in [-0.15, -0.1) is 0 Å². The molecule has 20 heavy (non-hydrogen) atoms. The number of piperidine rings is 1. The number of hydrogen-bond acceptors (Lipinski definition) is 3. The van der Waals surface area contributed by atoms with Crippen molar-refractivity contribution in [2.75, 3.05) is 18.0 Å². The summed E-state index contributed by atoms with van der Waals surface area (Å²) in [6, 6.07) is 0.899. The van der Waals surface area contributed by atoms with Gasteiger partial charge in [0.25, 0.3) is 0 Å². The molecule has 3 nitrogen and oxygen atoms in total. The maximum atomic E-state index is 12.6. The van der Waals surface area contributed by atoms with Crippen molar-refractivity contribution in [2.45, 2.75) is 32.0 Å². The maximum absolute atomic E-state index is 12.6. The van der Waals surface area contributed by atoms with Gasteiger partial charge < -0.3 is 10.0 Å². The van der Waals surface area contributed by atoms with Crippen LogP contribution in [0.3, 0.4) is 0 Å². The van der Waals surface area contributed by atoms with Crippen molar-refractivity contribution in [1.82, 2.24) is 4.98 Å². The van der Waals surface area contributed by atoms with E-state index in [0.717, 1.165) is 25.1 Å². The van der Waals surface area contributed by atoms with E-state index in [1.165, 1.54) is 0 Å². The lowest BCUT2D eigenvalue weighted by atomic mass is 9.93. The lowest BCUT2D eigenvalue weighted by Gasteiger charge is -2.35. The Bertz CT molecular complexity index is 479. The number of halogens is 4. The first-order valence-corrected chi connectivity index (χ1v) is 6.82. The molecule has 0 aromatic carbocycles. The zero-order valence-electron chi connectivity index (χ0n) is 11.0. The molecule has 1 fully saturated rings. The van der Waals surface area contributed by atoms with E-state index >= 15 is 0 Å². The summed E-state index contributed by atoms with van der Waals surface area (Å²) in [6.45, 7) is 2.95. The molecule has 1 aromatic rings. The molecule has 2 rings (SSSR count). The summed E-state index contributed by atoms with van der Waals surface area (Å²) in [5.74, 6) is 0.439. The summed E-state index contributed by atoms with van der Waals surface area (Å²) in [4.78, 5) is 5.69. The van der Waals surface area contributed by atoms with Crippen molar-refractivity contribution in [3.05, 3.63) is 22.8 Å². The third-order valence-corrected chi connectivity index (χ3v) is 3.87. The first-order valence-electron chi connectivity index (χ1n) is 6.45. The zero-order chi connectivity index (χ0) is 14.9. The van der Waals surface area contributed by atoms with Crippen molar-refractivity contribution in [1.29, 1.82) is 0 Å². The van der Waals surface area contributed by atoms with Crippen LogP contribution in [0.1, 0.15) is 25.3 Å². The molecule has 1 N–H and O–H groups in total. The molecule has 0 bridgehead atoms. The molecule has 112 valence electrons. The smallest absolute Gasteiger partial charge is 0.393 e. The van der Waals surface area contributed by atoms with Crippen molar-refractivity contribution < 1.29 is 18.3 Å². The highest BCUT2D eigenvalue weighted by Gasteiger charge is 2.32. The summed E-state index contributed by atoms with van der Waals surface area (Å²) in [5.41, 5.74) is -0.852. The fourth-order valence-electron chi connectivity index (χ4n) is 2.41. The normalized spacial score (nSPS) is 21.9.